The average molecular weight is 374 g/mol. The summed E-state index contributed by atoms with van der Waals surface area (Å²) in [6.45, 7) is 8.20. The van der Waals surface area contributed by atoms with Crippen molar-refractivity contribution in [3.63, 3.8) is 0 Å². The van der Waals surface area contributed by atoms with Gasteiger partial charge in [-0.05, 0) is 68.8 Å². The molecule has 144 valence electrons. The predicted molar refractivity (Wildman–Crippen MR) is 117 cm³/mol. The second-order valence-electron chi connectivity index (χ2n) is 6.55. The number of anilines is 4. The molecule has 1 amide bonds. The Labute approximate surface area is 166 Å². The van der Waals surface area contributed by atoms with E-state index in [9.17, 15) is 4.79 Å². The molecule has 3 aromatic rings. The third-order valence-electron chi connectivity index (χ3n) is 4.68. The maximum atomic E-state index is 12.4. The Morgan fingerprint density at radius 2 is 1.61 bits per heavy atom. The van der Waals surface area contributed by atoms with Gasteiger partial charge in [0.25, 0.3) is 5.91 Å². The predicted octanol–water partition coefficient (Wildman–Crippen LogP) is 5.23. The fraction of sp³-hybridized carbons (Fsp3) is 0.217. The molecule has 2 aromatic carbocycles. The maximum absolute atomic E-state index is 12.4. The molecule has 5 heteroatoms. The fourth-order valence-corrected chi connectivity index (χ4v) is 3.06. The van der Waals surface area contributed by atoms with Crippen molar-refractivity contribution in [1.29, 1.82) is 0 Å². The largest absolute Gasteiger partial charge is 0.372 e. The summed E-state index contributed by atoms with van der Waals surface area (Å²) < 4.78 is 0. The van der Waals surface area contributed by atoms with Crippen LogP contribution in [0.2, 0.25) is 0 Å². The number of nitrogens with one attached hydrogen (secondary N) is 2. The molecular weight excluding hydrogens is 348 g/mol. The molecule has 1 heterocycles. The van der Waals surface area contributed by atoms with E-state index >= 15 is 0 Å². The molecule has 0 aliphatic heterocycles. The first kappa shape index (κ1) is 19.4. The van der Waals surface area contributed by atoms with E-state index in [0.717, 1.165) is 30.0 Å². The van der Waals surface area contributed by atoms with Gasteiger partial charge in [-0.2, -0.15) is 0 Å². The molecular formula is C23H26N4O. The van der Waals surface area contributed by atoms with E-state index in [2.05, 4.69) is 58.6 Å². The van der Waals surface area contributed by atoms with Crippen LogP contribution in [0.15, 0.2) is 66.9 Å². The number of rotatable bonds is 7. The van der Waals surface area contributed by atoms with Crippen molar-refractivity contribution in [1.82, 2.24) is 4.98 Å². The molecule has 3 rings (SSSR count). The van der Waals surface area contributed by atoms with Crippen LogP contribution in [-0.2, 0) is 0 Å². The van der Waals surface area contributed by atoms with E-state index in [1.54, 1.807) is 12.3 Å². The molecule has 0 unspecified atom stereocenters. The van der Waals surface area contributed by atoms with Gasteiger partial charge in [0.15, 0.2) is 0 Å². The Kier molecular flexibility index (Phi) is 6.27. The molecule has 0 saturated carbocycles. The van der Waals surface area contributed by atoms with Crippen LogP contribution >= 0.6 is 0 Å². The molecule has 5 nitrogen and oxygen atoms in total. The van der Waals surface area contributed by atoms with Crippen molar-refractivity contribution in [2.45, 2.75) is 20.8 Å². The van der Waals surface area contributed by atoms with Gasteiger partial charge >= 0.3 is 0 Å². The fourth-order valence-electron chi connectivity index (χ4n) is 3.06. The number of carbonyl (C=O) groups is 1. The topological polar surface area (TPSA) is 57.3 Å². The third kappa shape index (κ3) is 4.68. The van der Waals surface area contributed by atoms with Crippen LogP contribution in [0.25, 0.3) is 0 Å². The highest BCUT2D eigenvalue weighted by molar-refractivity contribution is 6.04. The summed E-state index contributed by atoms with van der Waals surface area (Å²) >= 11 is 0. The number of benzene rings is 2. The molecule has 0 bridgehead atoms. The van der Waals surface area contributed by atoms with Crippen molar-refractivity contribution in [3.05, 3.63) is 78.0 Å². The number of carbonyl (C=O) groups excluding carboxylic acids is 1. The van der Waals surface area contributed by atoms with Crippen molar-refractivity contribution >= 4 is 28.8 Å². The van der Waals surface area contributed by atoms with E-state index in [1.807, 2.05) is 37.3 Å². The van der Waals surface area contributed by atoms with Crippen LogP contribution in [-0.4, -0.2) is 24.0 Å². The second-order valence-corrected chi connectivity index (χ2v) is 6.55. The number of nitrogens with zero attached hydrogens (tertiary/aromatic N) is 2. The zero-order valence-corrected chi connectivity index (χ0v) is 16.6. The zero-order chi connectivity index (χ0) is 19.9. The van der Waals surface area contributed by atoms with Crippen LogP contribution in [0, 0.1) is 6.92 Å². The number of hydrogen-bond donors (Lipinski definition) is 2. The summed E-state index contributed by atoms with van der Waals surface area (Å²) in [4.78, 5) is 19.0. The Bertz CT molecular complexity index is 916. The SMILES string of the molecule is CCN(CC)c1ccc(Nc2ccc(NC(=O)c3ccccc3C)nc2)cc1. The summed E-state index contributed by atoms with van der Waals surface area (Å²) in [6.07, 6.45) is 1.71. The zero-order valence-electron chi connectivity index (χ0n) is 16.6. The van der Waals surface area contributed by atoms with Gasteiger partial charge < -0.3 is 15.5 Å². The highest BCUT2D eigenvalue weighted by Crippen LogP contribution is 2.21. The van der Waals surface area contributed by atoms with Gasteiger partial charge in [0.2, 0.25) is 0 Å². The molecule has 0 radical (unpaired) electrons. The first-order valence-electron chi connectivity index (χ1n) is 9.55. The summed E-state index contributed by atoms with van der Waals surface area (Å²) in [6, 6.07) is 19.5. The number of pyridine rings is 1. The summed E-state index contributed by atoms with van der Waals surface area (Å²) in [5.74, 6) is 0.369. The first-order valence-corrected chi connectivity index (χ1v) is 9.55. The van der Waals surface area contributed by atoms with Gasteiger partial charge in [-0.15, -0.1) is 0 Å². The average Bonchev–Trinajstić information content (AvgIpc) is 2.72. The Morgan fingerprint density at radius 1 is 0.929 bits per heavy atom. The van der Waals surface area contributed by atoms with Crippen molar-refractivity contribution < 1.29 is 4.79 Å². The van der Waals surface area contributed by atoms with Gasteiger partial charge in [-0.1, -0.05) is 18.2 Å². The highest BCUT2D eigenvalue weighted by atomic mass is 16.1. The molecule has 0 saturated heterocycles. The lowest BCUT2D eigenvalue weighted by Crippen LogP contribution is -2.21. The lowest BCUT2D eigenvalue weighted by atomic mass is 10.1. The minimum absolute atomic E-state index is 0.154. The van der Waals surface area contributed by atoms with Crippen molar-refractivity contribution in [3.8, 4) is 0 Å². The van der Waals surface area contributed by atoms with Gasteiger partial charge in [0.05, 0.1) is 11.9 Å². The Hall–Kier alpha value is -3.34. The number of amides is 1. The molecule has 0 spiro atoms. The Balaban J connectivity index is 1.63. The quantitative estimate of drug-likeness (QED) is 0.594. The van der Waals surface area contributed by atoms with Crippen molar-refractivity contribution in [2.24, 2.45) is 0 Å². The second kappa shape index (κ2) is 9.04. The number of aromatic nitrogens is 1. The lowest BCUT2D eigenvalue weighted by Gasteiger charge is -2.21. The van der Waals surface area contributed by atoms with Crippen LogP contribution in [0.1, 0.15) is 29.8 Å². The van der Waals surface area contributed by atoms with Crippen LogP contribution < -0.4 is 15.5 Å². The van der Waals surface area contributed by atoms with Gasteiger partial charge in [-0.3, -0.25) is 4.79 Å². The van der Waals surface area contributed by atoms with E-state index < -0.39 is 0 Å². The molecule has 0 aliphatic rings. The molecule has 28 heavy (non-hydrogen) atoms. The molecule has 0 atom stereocenters. The Morgan fingerprint density at radius 3 is 2.21 bits per heavy atom. The summed E-state index contributed by atoms with van der Waals surface area (Å²) in [5.41, 5.74) is 4.66. The lowest BCUT2D eigenvalue weighted by molar-refractivity contribution is 0.102. The van der Waals surface area contributed by atoms with Gasteiger partial charge in [0.1, 0.15) is 5.82 Å². The minimum Gasteiger partial charge on any atom is -0.372 e. The third-order valence-corrected chi connectivity index (χ3v) is 4.68. The van der Waals surface area contributed by atoms with Crippen LogP contribution in [0.5, 0.6) is 0 Å². The normalized spacial score (nSPS) is 10.4. The van der Waals surface area contributed by atoms with E-state index in [4.69, 9.17) is 0 Å². The summed E-state index contributed by atoms with van der Waals surface area (Å²) in [5, 5.41) is 6.17. The van der Waals surface area contributed by atoms with Crippen LogP contribution in [0.3, 0.4) is 0 Å². The summed E-state index contributed by atoms with van der Waals surface area (Å²) in [7, 11) is 0. The monoisotopic (exact) mass is 374 g/mol. The van der Waals surface area contributed by atoms with Gasteiger partial charge in [-0.25, -0.2) is 4.98 Å². The number of hydrogen-bond acceptors (Lipinski definition) is 4. The van der Waals surface area contributed by atoms with E-state index in [0.29, 0.717) is 11.4 Å². The number of aryl methyl sites for hydroxylation is 1. The van der Waals surface area contributed by atoms with E-state index in [-0.39, 0.29) is 5.91 Å². The first-order chi connectivity index (χ1) is 13.6. The van der Waals surface area contributed by atoms with Crippen LogP contribution in [0.4, 0.5) is 22.9 Å². The minimum atomic E-state index is -0.154. The smallest absolute Gasteiger partial charge is 0.257 e. The molecule has 0 fully saturated rings. The molecule has 2 N–H and O–H groups in total. The van der Waals surface area contributed by atoms with Crippen molar-refractivity contribution in [2.75, 3.05) is 28.6 Å². The highest BCUT2D eigenvalue weighted by Gasteiger charge is 2.09. The molecule has 1 aromatic heterocycles. The standard InChI is InChI=1S/C23H26N4O/c1-4-27(5-2)20-13-10-18(11-14-20)25-19-12-15-22(24-16-19)26-23(28)21-9-7-6-8-17(21)3/h6-16,25H,4-5H2,1-3H3,(H,24,26,28). The van der Waals surface area contributed by atoms with E-state index in [1.165, 1.54) is 5.69 Å². The molecule has 0 aliphatic carbocycles. The maximum Gasteiger partial charge on any atom is 0.257 e. The van der Waals surface area contributed by atoms with Gasteiger partial charge in [0, 0.05) is 30.0 Å².